The Morgan fingerprint density at radius 3 is 2.73 bits per heavy atom. The van der Waals surface area contributed by atoms with Crippen LogP contribution >= 0.6 is 34.8 Å². The normalized spacial score (nSPS) is 20.4. The molecule has 0 spiro atoms. The first kappa shape index (κ1) is 11.3. The second-order valence-corrected chi connectivity index (χ2v) is 4.69. The molecule has 5 heteroatoms. The van der Waals surface area contributed by atoms with Crippen LogP contribution in [0.1, 0.15) is 24.4 Å². The third kappa shape index (κ3) is 2.04. The summed E-state index contributed by atoms with van der Waals surface area (Å²) in [6.07, 6.45) is 1.71. The minimum Gasteiger partial charge on any atom is -0.492 e. The third-order valence-electron chi connectivity index (χ3n) is 2.44. The Morgan fingerprint density at radius 2 is 2.00 bits per heavy atom. The highest BCUT2D eigenvalue weighted by atomic mass is 35.5. The predicted octanol–water partition coefficient (Wildman–Crippen LogP) is 3.82. The Morgan fingerprint density at radius 1 is 1.27 bits per heavy atom. The molecule has 2 nitrogen and oxygen atoms in total. The van der Waals surface area contributed by atoms with E-state index >= 15 is 0 Å². The molecule has 82 valence electrons. The smallest absolute Gasteiger partial charge is 0.144 e. The fourth-order valence-electron chi connectivity index (χ4n) is 1.70. The van der Waals surface area contributed by atoms with Crippen LogP contribution < -0.4 is 10.5 Å². The second-order valence-electron chi connectivity index (χ2n) is 3.49. The molecule has 1 aliphatic heterocycles. The molecule has 0 amide bonds. The molecule has 0 bridgehead atoms. The minimum absolute atomic E-state index is 0.161. The van der Waals surface area contributed by atoms with Crippen molar-refractivity contribution in [2.45, 2.75) is 18.9 Å². The van der Waals surface area contributed by atoms with Gasteiger partial charge in [0.25, 0.3) is 0 Å². The van der Waals surface area contributed by atoms with Gasteiger partial charge >= 0.3 is 0 Å². The first-order chi connectivity index (χ1) is 7.11. The Labute approximate surface area is 103 Å². The summed E-state index contributed by atoms with van der Waals surface area (Å²) >= 11 is 18.1. The molecule has 1 heterocycles. The van der Waals surface area contributed by atoms with Crippen LogP contribution in [0.5, 0.6) is 5.75 Å². The van der Waals surface area contributed by atoms with E-state index in [4.69, 9.17) is 45.3 Å². The van der Waals surface area contributed by atoms with E-state index in [1.54, 1.807) is 6.07 Å². The highest BCUT2D eigenvalue weighted by Crippen LogP contribution is 2.44. The monoisotopic (exact) mass is 265 g/mol. The predicted molar refractivity (Wildman–Crippen MR) is 63.1 cm³/mol. The molecule has 1 atom stereocenters. The number of nitrogens with two attached hydrogens (primary N) is 1. The lowest BCUT2D eigenvalue weighted by molar-refractivity contribution is 0.316. The second kappa shape index (κ2) is 4.38. The summed E-state index contributed by atoms with van der Waals surface area (Å²) in [6, 6.07) is 1.42. The Balaban J connectivity index is 2.63. The lowest BCUT2D eigenvalue weighted by Gasteiger charge is -2.15. The highest BCUT2D eigenvalue weighted by Gasteiger charge is 2.23. The SMILES string of the molecule is N[C@H]1CCCOc2c(Cl)cc(Cl)c(Cl)c21. The van der Waals surface area contributed by atoms with Crippen molar-refractivity contribution in [2.75, 3.05) is 6.61 Å². The third-order valence-corrected chi connectivity index (χ3v) is 3.52. The Hall–Kier alpha value is -0.150. The van der Waals surface area contributed by atoms with Crippen LogP contribution in [0.25, 0.3) is 0 Å². The zero-order valence-electron chi connectivity index (χ0n) is 7.90. The van der Waals surface area contributed by atoms with E-state index in [0.29, 0.717) is 27.4 Å². The number of benzene rings is 1. The molecule has 1 aromatic rings. The zero-order valence-corrected chi connectivity index (χ0v) is 10.2. The van der Waals surface area contributed by atoms with Crippen molar-refractivity contribution in [1.82, 2.24) is 0 Å². The van der Waals surface area contributed by atoms with Crippen LogP contribution in [0, 0.1) is 0 Å². The summed E-state index contributed by atoms with van der Waals surface area (Å²) in [4.78, 5) is 0. The van der Waals surface area contributed by atoms with Gasteiger partial charge < -0.3 is 10.5 Å². The van der Waals surface area contributed by atoms with Crippen LogP contribution in [0.3, 0.4) is 0 Å². The van der Waals surface area contributed by atoms with Gasteiger partial charge in [0.15, 0.2) is 0 Å². The van der Waals surface area contributed by atoms with Gasteiger partial charge in [-0.15, -0.1) is 0 Å². The molecule has 0 saturated heterocycles. The fourth-order valence-corrected chi connectivity index (χ4v) is 2.51. The summed E-state index contributed by atoms with van der Waals surface area (Å²) < 4.78 is 5.53. The maximum Gasteiger partial charge on any atom is 0.144 e. The number of rotatable bonds is 0. The van der Waals surface area contributed by atoms with Crippen LogP contribution in [0.15, 0.2) is 6.07 Å². The summed E-state index contributed by atoms with van der Waals surface area (Å²) in [5, 5.41) is 1.34. The van der Waals surface area contributed by atoms with Crippen molar-refractivity contribution in [2.24, 2.45) is 5.73 Å². The summed E-state index contributed by atoms with van der Waals surface area (Å²) in [6.45, 7) is 0.610. The molecule has 1 aliphatic rings. The van der Waals surface area contributed by atoms with Crippen molar-refractivity contribution in [3.05, 3.63) is 26.7 Å². The first-order valence-corrected chi connectivity index (χ1v) is 5.80. The lowest BCUT2D eigenvalue weighted by atomic mass is 10.0. The van der Waals surface area contributed by atoms with Crippen molar-refractivity contribution < 1.29 is 4.74 Å². The van der Waals surface area contributed by atoms with E-state index in [2.05, 4.69) is 0 Å². The minimum atomic E-state index is -0.161. The van der Waals surface area contributed by atoms with Gasteiger partial charge in [-0.2, -0.15) is 0 Å². The molecular weight excluding hydrogens is 256 g/mol. The molecular formula is C10H10Cl3NO. The van der Waals surface area contributed by atoms with Gasteiger partial charge in [0.1, 0.15) is 5.75 Å². The first-order valence-electron chi connectivity index (χ1n) is 4.67. The Bertz CT molecular complexity index is 395. The van der Waals surface area contributed by atoms with Gasteiger partial charge in [0, 0.05) is 11.6 Å². The highest BCUT2D eigenvalue weighted by molar-refractivity contribution is 6.44. The van der Waals surface area contributed by atoms with E-state index in [0.717, 1.165) is 18.4 Å². The van der Waals surface area contributed by atoms with Crippen LogP contribution in [0.2, 0.25) is 15.1 Å². The molecule has 0 unspecified atom stereocenters. The van der Waals surface area contributed by atoms with Crippen molar-refractivity contribution in [1.29, 1.82) is 0 Å². The average molecular weight is 267 g/mol. The lowest BCUT2D eigenvalue weighted by Crippen LogP contribution is -2.10. The van der Waals surface area contributed by atoms with Crippen molar-refractivity contribution >= 4 is 34.8 Å². The van der Waals surface area contributed by atoms with E-state index in [9.17, 15) is 0 Å². The molecule has 0 aliphatic carbocycles. The van der Waals surface area contributed by atoms with E-state index in [1.807, 2.05) is 0 Å². The topological polar surface area (TPSA) is 35.2 Å². The number of halogens is 3. The molecule has 0 fully saturated rings. The number of ether oxygens (including phenoxy) is 1. The summed E-state index contributed by atoms with van der Waals surface area (Å²) in [5.41, 5.74) is 6.73. The number of hydrogen-bond donors (Lipinski definition) is 1. The molecule has 0 aromatic heterocycles. The standard InChI is InChI=1S/C10H10Cl3NO/c11-5-4-6(12)10-8(9(5)13)7(14)2-1-3-15-10/h4,7H,1-3,14H2/t7-/m0/s1. The molecule has 2 rings (SSSR count). The van der Waals surface area contributed by atoms with Crippen LogP contribution in [-0.2, 0) is 0 Å². The van der Waals surface area contributed by atoms with Gasteiger partial charge in [0.2, 0.25) is 0 Å². The largest absolute Gasteiger partial charge is 0.492 e. The maximum atomic E-state index is 6.10. The summed E-state index contributed by atoms with van der Waals surface area (Å²) in [5.74, 6) is 0.580. The average Bonchev–Trinajstić information content (AvgIpc) is 2.37. The van der Waals surface area contributed by atoms with Crippen LogP contribution in [0.4, 0.5) is 0 Å². The van der Waals surface area contributed by atoms with Gasteiger partial charge in [-0.3, -0.25) is 0 Å². The van der Waals surface area contributed by atoms with E-state index in [1.165, 1.54) is 0 Å². The zero-order chi connectivity index (χ0) is 11.0. The molecule has 2 N–H and O–H groups in total. The van der Waals surface area contributed by atoms with E-state index in [-0.39, 0.29) is 6.04 Å². The van der Waals surface area contributed by atoms with Crippen molar-refractivity contribution in [3.63, 3.8) is 0 Å². The Kier molecular flexibility index (Phi) is 3.31. The molecule has 15 heavy (non-hydrogen) atoms. The summed E-state index contributed by atoms with van der Waals surface area (Å²) in [7, 11) is 0. The molecule has 0 saturated carbocycles. The van der Waals surface area contributed by atoms with Gasteiger partial charge in [0.05, 0.1) is 21.7 Å². The van der Waals surface area contributed by atoms with Gasteiger partial charge in [-0.1, -0.05) is 34.8 Å². The van der Waals surface area contributed by atoms with Crippen molar-refractivity contribution in [3.8, 4) is 5.75 Å². The maximum absolute atomic E-state index is 6.10. The van der Waals surface area contributed by atoms with Crippen LogP contribution in [-0.4, -0.2) is 6.61 Å². The number of hydrogen-bond acceptors (Lipinski definition) is 2. The number of fused-ring (bicyclic) bond motifs is 1. The fraction of sp³-hybridized carbons (Fsp3) is 0.400. The van der Waals surface area contributed by atoms with Gasteiger partial charge in [-0.05, 0) is 18.9 Å². The van der Waals surface area contributed by atoms with E-state index < -0.39 is 0 Å². The molecule has 1 aromatic carbocycles. The molecule has 0 radical (unpaired) electrons. The van der Waals surface area contributed by atoms with Gasteiger partial charge in [-0.25, -0.2) is 0 Å². The quantitative estimate of drug-likeness (QED) is 0.725.